The molecule has 2 aromatic rings. The maximum Gasteiger partial charge on any atom is 0.404 e. The number of likely N-dealkylation sites (N-methyl/N-ethyl adjacent to an activating group) is 1. The minimum Gasteiger partial charge on any atom is -0.465 e. The van der Waals surface area contributed by atoms with Gasteiger partial charge in [-0.25, -0.2) is 4.79 Å². The van der Waals surface area contributed by atoms with Gasteiger partial charge in [0.15, 0.2) is 0 Å². The quantitative estimate of drug-likeness (QED) is 0.300. The van der Waals surface area contributed by atoms with Crippen LogP contribution in [0.4, 0.5) is 4.79 Å². The van der Waals surface area contributed by atoms with E-state index < -0.39 is 12.2 Å². The predicted octanol–water partition coefficient (Wildman–Crippen LogP) is 4.27. The third kappa shape index (κ3) is 9.59. The molecule has 1 fully saturated rings. The van der Waals surface area contributed by atoms with Crippen molar-refractivity contribution in [2.45, 2.75) is 31.4 Å². The average Bonchev–Trinajstić information content (AvgIpc) is 2.87. The first kappa shape index (κ1) is 29.9. The topological polar surface area (TPSA) is 109 Å². The molecule has 3 rings (SSSR count). The van der Waals surface area contributed by atoms with Crippen molar-refractivity contribution in [3.05, 3.63) is 70.2 Å². The average molecular weight is 540 g/mol. The molecule has 10 heteroatoms. The lowest BCUT2D eigenvalue weighted by Gasteiger charge is -2.26. The Morgan fingerprint density at radius 3 is 2.58 bits per heavy atom. The molecule has 1 saturated heterocycles. The maximum atomic E-state index is 13.0. The zero-order valence-electron chi connectivity index (χ0n) is 20.4. The zero-order chi connectivity index (χ0) is 25.0. The molecule has 2 aromatic carbocycles. The van der Waals surface area contributed by atoms with Crippen LogP contribution >= 0.6 is 24.0 Å². The molecule has 198 valence electrons. The van der Waals surface area contributed by atoms with Crippen molar-refractivity contribution in [3.63, 3.8) is 0 Å². The van der Waals surface area contributed by atoms with Crippen LogP contribution < -0.4 is 16.0 Å². The Bertz CT molecular complexity index is 972. The normalized spacial score (nSPS) is 16.9. The summed E-state index contributed by atoms with van der Waals surface area (Å²) in [5.41, 5.74) is 2.12. The number of amides is 2. The van der Waals surface area contributed by atoms with Gasteiger partial charge < -0.3 is 30.5 Å². The van der Waals surface area contributed by atoms with Crippen LogP contribution in [0.25, 0.3) is 0 Å². The Kier molecular flexibility index (Phi) is 13.0. The van der Waals surface area contributed by atoms with Gasteiger partial charge in [0.25, 0.3) is 5.91 Å². The molecule has 0 unspecified atom stereocenters. The van der Waals surface area contributed by atoms with E-state index in [0.717, 1.165) is 43.6 Å². The van der Waals surface area contributed by atoms with Crippen LogP contribution in [0.2, 0.25) is 5.02 Å². The van der Waals surface area contributed by atoms with Crippen LogP contribution in [0.3, 0.4) is 0 Å². The van der Waals surface area contributed by atoms with Crippen LogP contribution in [0, 0.1) is 5.92 Å². The number of benzene rings is 2. The molecule has 0 aromatic heterocycles. The number of ether oxygens (including phenoxy) is 2. The Labute approximate surface area is 223 Å². The molecule has 0 saturated carbocycles. The van der Waals surface area contributed by atoms with Crippen molar-refractivity contribution in [2.24, 2.45) is 5.92 Å². The molecule has 4 N–H and O–H groups in total. The summed E-state index contributed by atoms with van der Waals surface area (Å²) >= 11 is 6.19. The number of carbonyl (C=O) groups excluding carboxylic acids is 1. The van der Waals surface area contributed by atoms with Gasteiger partial charge in [-0.2, -0.15) is 0 Å². The van der Waals surface area contributed by atoms with Gasteiger partial charge in [0.05, 0.1) is 6.61 Å². The molecule has 8 nitrogen and oxygen atoms in total. The van der Waals surface area contributed by atoms with Gasteiger partial charge in [-0.05, 0) is 67.6 Å². The van der Waals surface area contributed by atoms with E-state index in [1.54, 1.807) is 24.3 Å². The lowest BCUT2D eigenvalue weighted by molar-refractivity contribution is 0.0478. The first-order valence-electron chi connectivity index (χ1n) is 11.9. The van der Waals surface area contributed by atoms with Gasteiger partial charge in [0.2, 0.25) is 0 Å². The van der Waals surface area contributed by atoms with Gasteiger partial charge in [-0.15, -0.1) is 12.4 Å². The molecule has 0 bridgehead atoms. The van der Waals surface area contributed by atoms with E-state index in [0.29, 0.717) is 23.0 Å². The van der Waals surface area contributed by atoms with E-state index >= 15 is 0 Å². The smallest absolute Gasteiger partial charge is 0.404 e. The minimum absolute atomic E-state index is 0. The third-order valence-corrected chi connectivity index (χ3v) is 6.29. The number of hydrogen-bond donors (Lipinski definition) is 4. The summed E-state index contributed by atoms with van der Waals surface area (Å²) in [6.45, 7) is 2.44. The molecule has 1 aliphatic rings. The second kappa shape index (κ2) is 15.7. The first-order valence-corrected chi connectivity index (χ1v) is 12.3. The van der Waals surface area contributed by atoms with E-state index in [1.165, 1.54) is 0 Å². The van der Waals surface area contributed by atoms with E-state index in [1.807, 2.05) is 31.3 Å². The zero-order valence-corrected chi connectivity index (χ0v) is 21.9. The van der Waals surface area contributed by atoms with E-state index in [9.17, 15) is 9.59 Å². The van der Waals surface area contributed by atoms with Gasteiger partial charge in [0.1, 0.15) is 6.10 Å². The van der Waals surface area contributed by atoms with Crippen LogP contribution in [0.5, 0.6) is 0 Å². The van der Waals surface area contributed by atoms with Gasteiger partial charge in [-0.1, -0.05) is 35.9 Å². The number of hydrogen-bond acceptors (Lipinski definition) is 5. The van der Waals surface area contributed by atoms with Crippen molar-refractivity contribution in [3.8, 4) is 0 Å². The minimum atomic E-state index is -1.11. The molecular weight excluding hydrogens is 505 g/mol. The van der Waals surface area contributed by atoms with E-state index in [2.05, 4.69) is 16.0 Å². The van der Waals surface area contributed by atoms with Crippen LogP contribution in [0.15, 0.2) is 48.5 Å². The summed E-state index contributed by atoms with van der Waals surface area (Å²) < 4.78 is 11.6. The third-order valence-electron chi connectivity index (χ3n) is 6.06. The molecule has 3 atom stereocenters. The molecule has 0 spiro atoms. The molecule has 1 heterocycles. The predicted molar refractivity (Wildman–Crippen MR) is 142 cm³/mol. The highest BCUT2D eigenvalue weighted by Crippen LogP contribution is 2.28. The number of halogens is 2. The van der Waals surface area contributed by atoms with Crippen LogP contribution in [0.1, 0.15) is 46.9 Å². The molecular formula is C26H35Cl2N3O5. The van der Waals surface area contributed by atoms with Gasteiger partial charge in [-0.3, -0.25) is 4.79 Å². The molecule has 36 heavy (non-hydrogen) atoms. The van der Waals surface area contributed by atoms with E-state index in [4.69, 9.17) is 26.2 Å². The first-order chi connectivity index (χ1) is 17.0. The summed E-state index contributed by atoms with van der Waals surface area (Å²) in [5, 5.41) is 18.0. The number of carbonyl (C=O) groups is 2. The van der Waals surface area contributed by atoms with Crippen molar-refractivity contribution < 1.29 is 24.2 Å². The second-order valence-electron chi connectivity index (χ2n) is 8.68. The molecule has 0 aliphatic carbocycles. The summed E-state index contributed by atoms with van der Waals surface area (Å²) in [4.78, 5) is 23.7. The summed E-state index contributed by atoms with van der Waals surface area (Å²) in [7, 11) is 1.91. The number of carboxylic acid groups (broad SMARTS) is 1. The highest BCUT2D eigenvalue weighted by molar-refractivity contribution is 6.30. The summed E-state index contributed by atoms with van der Waals surface area (Å²) in [6, 6.07) is 14.7. The fraction of sp³-hybridized carbons (Fsp3) is 0.462. The van der Waals surface area contributed by atoms with Gasteiger partial charge in [0, 0.05) is 42.9 Å². The lowest BCUT2D eigenvalue weighted by atomic mass is 9.94. The Balaban J connectivity index is 0.00000456. The van der Waals surface area contributed by atoms with Crippen molar-refractivity contribution in [1.29, 1.82) is 0 Å². The van der Waals surface area contributed by atoms with Crippen molar-refractivity contribution >= 4 is 36.0 Å². The van der Waals surface area contributed by atoms with E-state index in [-0.39, 0.29) is 37.5 Å². The highest BCUT2D eigenvalue weighted by atomic mass is 35.5. The summed E-state index contributed by atoms with van der Waals surface area (Å²) in [5.74, 6) is 0.344. The van der Waals surface area contributed by atoms with Gasteiger partial charge >= 0.3 is 6.09 Å². The molecule has 1 aliphatic heterocycles. The highest BCUT2D eigenvalue weighted by Gasteiger charge is 2.20. The number of nitrogens with one attached hydrogen (secondary N) is 3. The van der Waals surface area contributed by atoms with Crippen LogP contribution in [-0.4, -0.2) is 63.1 Å². The number of rotatable bonds is 12. The monoisotopic (exact) mass is 539 g/mol. The Morgan fingerprint density at radius 2 is 1.92 bits per heavy atom. The Morgan fingerprint density at radius 1 is 1.17 bits per heavy atom. The summed E-state index contributed by atoms with van der Waals surface area (Å²) in [6.07, 6.45) is 1.57. The van der Waals surface area contributed by atoms with Crippen molar-refractivity contribution in [2.75, 3.05) is 40.0 Å². The van der Waals surface area contributed by atoms with Crippen molar-refractivity contribution in [1.82, 2.24) is 16.0 Å². The standard InChI is InChI=1S/C26H34ClN3O5.ClH/c1-28-23(13-18-5-4-11-34-17-18)16-30-25(31)21-8-2-6-19(14-21)24(35-12-10-29-26(32)33)20-7-3-9-22(27)15-20;/h2-3,6-9,14-15,18,23-24,28-29H,4-5,10-13,16-17H2,1H3,(H,30,31)(H,32,33);1H/t18-,23+,24-;/m1./s1. The lowest BCUT2D eigenvalue weighted by Crippen LogP contribution is -2.41. The molecule has 2 amide bonds. The fourth-order valence-electron chi connectivity index (χ4n) is 4.25. The largest absolute Gasteiger partial charge is 0.465 e. The van der Waals surface area contributed by atoms with Crippen LogP contribution in [-0.2, 0) is 9.47 Å². The fourth-order valence-corrected chi connectivity index (χ4v) is 4.45. The SMILES string of the molecule is CN[C@H](CNC(=O)c1cccc([C@@H](OCCNC(=O)O)c2cccc(Cl)c2)c1)C[C@H]1CCCOC1.Cl. The maximum absolute atomic E-state index is 13.0. The second-order valence-corrected chi connectivity index (χ2v) is 9.11. The Hall–Kier alpha value is -2.36. The molecule has 0 radical (unpaired) electrons.